The van der Waals surface area contributed by atoms with Crippen LogP contribution in [0.25, 0.3) is 5.65 Å². The van der Waals surface area contributed by atoms with E-state index in [0.29, 0.717) is 47.4 Å². The number of rotatable bonds is 3. The fourth-order valence-corrected chi connectivity index (χ4v) is 5.02. The second kappa shape index (κ2) is 9.15. The molecular formula is C22H23Cl2N7O2. The summed E-state index contributed by atoms with van der Waals surface area (Å²) in [5, 5.41) is 13.3. The quantitative estimate of drug-likeness (QED) is 0.564. The third-order valence-electron chi connectivity index (χ3n) is 6.30. The van der Waals surface area contributed by atoms with Crippen LogP contribution in [0.3, 0.4) is 0 Å². The van der Waals surface area contributed by atoms with E-state index >= 15 is 0 Å². The number of aromatic nitrogens is 4. The maximum Gasteiger partial charge on any atom is 0.254 e. The van der Waals surface area contributed by atoms with E-state index in [1.807, 2.05) is 17.0 Å². The molecule has 2 aliphatic heterocycles. The van der Waals surface area contributed by atoms with Gasteiger partial charge in [-0.2, -0.15) is 4.52 Å². The van der Waals surface area contributed by atoms with Crippen LogP contribution in [0.2, 0.25) is 10.0 Å². The van der Waals surface area contributed by atoms with Gasteiger partial charge in [0, 0.05) is 60.8 Å². The molecule has 2 aliphatic rings. The van der Waals surface area contributed by atoms with Crippen LogP contribution in [0.5, 0.6) is 0 Å². The lowest BCUT2D eigenvalue weighted by Crippen LogP contribution is -2.53. The molecular weight excluding hydrogens is 465 g/mol. The third kappa shape index (κ3) is 4.60. The SMILES string of the molecule is O=C(c1cc(Cl)cc(Cl)c1)N1CCN(C(=O)C2CCN(c3ccc4nncn4n3)CC2)CC1. The zero-order valence-corrected chi connectivity index (χ0v) is 19.4. The van der Waals surface area contributed by atoms with E-state index < -0.39 is 0 Å². The average molecular weight is 488 g/mol. The number of nitrogens with zero attached hydrogens (tertiary/aromatic N) is 7. The Morgan fingerprint density at radius 3 is 2.24 bits per heavy atom. The van der Waals surface area contributed by atoms with Crippen molar-refractivity contribution in [3.05, 3.63) is 52.3 Å². The molecule has 3 aromatic rings. The summed E-state index contributed by atoms with van der Waals surface area (Å²) in [4.78, 5) is 31.7. The van der Waals surface area contributed by atoms with Gasteiger partial charge in [-0.1, -0.05) is 23.2 Å². The monoisotopic (exact) mass is 487 g/mol. The fourth-order valence-electron chi connectivity index (χ4n) is 4.49. The van der Waals surface area contributed by atoms with Gasteiger partial charge in [-0.05, 0) is 43.2 Å². The summed E-state index contributed by atoms with van der Waals surface area (Å²) in [5.74, 6) is 0.919. The Hall–Kier alpha value is -2.91. The molecule has 0 aliphatic carbocycles. The molecule has 172 valence electrons. The van der Waals surface area contributed by atoms with Crippen LogP contribution < -0.4 is 4.90 Å². The number of fused-ring (bicyclic) bond motifs is 1. The molecule has 2 saturated heterocycles. The van der Waals surface area contributed by atoms with Crippen molar-refractivity contribution in [3.8, 4) is 0 Å². The lowest BCUT2D eigenvalue weighted by molar-refractivity contribution is -0.137. The van der Waals surface area contributed by atoms with E-state index in [-0.39, 0.29) is 17.7 Å². The first-order chi connectivity index (χ1) is 16.0. The minimum atomic E-state index is -0.114. The Labute approximate surface area is 200 Å². The molecule has 11 heteroatoms. The Kier molecular flexibility index (Phi) is 6.07. The number of hydrogen-bond acceptors (Lipinski definition) is 6. The minimum Gasteiger partial charge on any atom is -0.355 e. The minimum absolute atomic E-state index is 0.00567. The number of piperazine rings is 1. The lowest BCUT2D eigenvalue weighted by Gasteiger charge is -2.38. The summed E-state index contributed by atoms with van der Waals surface area (Å²) in [6, 6.07) is 8.68. The van der Waals surface area contributed by atoms with E-state index in [2.05, 4.69) is 20.2 Å². The number of carbonyl (C=O) groups is 2. The predicted molar refractivity (Wildman–Crippen MR) is 125 cm³/mol. The smallest absolute Gasteiger partial charge is 0.254 e. The van der Waals surface area contributed by atoms with Crippen LogP contribution >= 0.6 is 23.2 Å². The molecule has 2 aromatic heterocycles. The first-order valence-electron chi connectivity index (χ1n) is 10.9. The number of benzene rings is 1. The van der Waals surface area contributed by atoms with Gasteiger partial charge >= 0.3 is 0 Å². The Morgan fingerprint density at radius 2 is 1.55 bits per heavy atom. The van der Waals surface area contributed by atoms with Crippen molar-refractivity contribution in [1.29, 1.82) is 0 Å². The number of amides is 2. The first kappa shape index (κ1) is 21.9. The summed E-state index contributed by atoms with van der Waals surface area (Å²) in [6.07, 6.45) is 3.14. The first-order valence-corrected chi connectivity index (χ1v) is 11.7. The predicted octanol–water partition coefficient (Wildman–Crippen LogP) is 2.63. The molecule has 0 unspecified atom stereocenters. The highest BCUT2D eigenvalue weighted by Crippen LogP contribution is 2.25. The highest BCUT2D eigenvalue weighted by atomic mass is 35.5. The molecule has 2 fully saturated rings. The van der Waals surface area contributed by atoms with Crippen molar-refractivity contribution >= 4 is 46.5 Å². The van der Waals surface area contributed by atoms with Crippen molar-refractivity contribution in [2.24, 2.45) is 5.92 Å². The number of halogens is 2. The normalized spacial score (nSPS) is 17.6. The molecule has 4 heterocycles. The van der Waals surface area contributed by atoms with Gasteiger partial charge in [0.05, 0.1) is 0 Å². The van der Waals surface area contributed by atoms with Gasteiger partial charge in [-0.3, -0.25) is 9.59 Å². The summed E-state index contributed by atoms with van der Waals surface area (Å²) < 4.78 is 1.66. The summed E-state index contributed by atoms with van der Waals surface area (Å²) in [6.45, 7) is 3.60. The Balaban J connectivity index is 1.14. The van der Waals surface area contributed by atoms with E-state index in [4.69, 9.17) is 23.2 Å². The maximum absolute atomic E-state index is 13.1. The van der Waals surface area contributed by atoms with Crippen molar-refractivity contribution in [3.63, 3.8) is 0 Å². The molecule has 0 atom stereocenters. The van der Waals surface area contributed by atoms with Crippen molar-refractivity contribution in [2.75, 3.05) is 44.2 Å². The van der Waals surface area contributed by atoms with Crippen molar-refractivity contribution in [1.82, 2.24) is 29.6 Å². The highest BCUT2D eigenvalue weighted by Gasteiger charge is 2.32. The molecule has 0 radical (unpaired) electrons. The summed E-state index contributed by atoms with van der Waals surface area (Å²) in [5.41, 5.74) is 1.18. The number of piperidine rings is 1. The van der Waals surface area contributed by atoms with Crippen LogP contribution in [-0.2, 0) is 4.79 Å². The van der Waals surface area contributed by atoms with Gasteiger partial charge in [0.25, 0.3) is 5.91 Å². The van der Waals surface area contributed by atoms with Crippen molar-refractivity contribution < 1.29 is 9.59 Å². The highest BCUT2D eigenvalue weighted by molar-refractivity contribution is 6.35. The van der Waals surface area contributed by atoms with E-state index in [1.54, 1.807) is 33.9 Å². The molecule has 9 nitrogen and oxygen atoms in total. The molecule has 0 saturated carbocycles. The molecule has 5 rings (SSSR count). The zero-order chi connectivity index (χ0) is 22.9. The zero-order valence-electron chi connectivity index (χ0n) is 17.9. The molecule has 0 bridgehead atoms. The maximum atomic E-state index is 13.1. The largest absolute Gasteiger partial charge is 0.355 e. The second-order valence-electron chi connectivity index (χ2n) is 8.36. The van der Waals surface area contributed by atoms with Crippen LogP contribution in [0, 0.1) is 5.92 Å². The Bertz CT molecular complexity index is 1160. The second-order valence-corrected chi connectivity index (χ2v) is 9.24. The van der Waals surface area contributed by atoms with Crippen LogP contribution in [0.1, 0.15) is 23.2 Å². The van der Waals surface area contributed by atoms with Gasteiger partial charge < -0.3 is 14.7 Å². The molecule has 0 spiro atoms. The average Bonchev–Trinajstić information content (AvgIpc) is 3.31. The molecule has 0 N–H and O–H groups in total. The van der Waals surface area contributed by atoms with E-state index in [1.165, 1.54) is 0 Å². The number of carbonyl (C=O) groups excluding carboxylic acids is 2. The number of hydrogen-bond donors (Lipinski definition) is 0. The summed E-state index contributed by atoms with van der Waals surface area (Å²) in [7, 11) is 0. The standard InChI is InChI=1S/C22H23Cl2N7O2/c23-17-11-16(12-18(24)13-17)22(33)30-9-7-29(8-10-30)21(32)15-3-5-28(6-4-15)20-2-1-19-26-25-14-31(19)27-20/h1-2,11-15H,3-10H2. The van der Waals surface area contributed by atoms with Gasteiger partial charge in [0.2, 0.25) is 5.91 Å². The number of anilines is 1. The topological polar surface area (TPSA) is 86.9 Å². The van der Waals surface area contributed by atoms with Crippen molar-refractivity contribution in [2.45, 2.75) is 12.8 Å². The van der Waals surface area contributed by atoms with Crippen LogP contribution in [0.4, 0.5) is 5.82 Å². The third-order valence-corrected chi connectivity index (χ3v) is 6.74. The fraction of sp³-hybridized carbons (Fsp3) is 0.409. The van der Waals surface area contributed by atoms with E-state index in [0.717, 1.165) is 31.7 Å². The van der Waals surface area contributed by atoms with E-state index in [9.17, 15) is 9.59 Å². The molecule has 1 aromatic carbocycles. The van der Waals surface area contributed by atoms with Gasteiger partial charge in [0.15, 0.2) is 5.65 Å². The Morgan fingerprint density at radius 1 is 0.879 bits per heavy atom. The molecule has 33 heavy (non-hydrogen) atoms. The van der Waals surface area contributed by atoms with Gasteiger partial charge in [-0.25, -0.2) is 0 Å². The van der Waals surface area contributed by atoms with Crippen LogP contribution in [-0.4, -0.2) is 80.7 Å². The van der Waals surface area contributed by atoms with Gasteiger partial charge in [0.1, 0.15) is 12.1 Å². The molecule has 2 amide bonds. The summed E-state index contributed by atoms with van der Waals surface area (Å²) >= 11 is 12.1. The lowest BCUT2D eigenvalue weighted by atomic mass is 9.95. The van der Waals surface area contributed by atoms with Crippen LogP contribution in [0.15, 0.2) is 36.7 Å². The van der Waals surface area contributed by atoms with Gasteiger partial charge in [-0.15, -0.1) is 15.3 Å².